The lowest BCUT2D eigenvalue weighted by Gasteiger charge is -2.23. The van der Waals surface area contributed by atoms with E-state index in [1.165, 1.54) is 0 Å². The van der Waals surface area contributed by atoms with Crippen molar-refractivity contribution in [2.45, 2.75) is 32.2 Å². The average Bonchev–Trinajstić information content (AvgIpc) is 2.37. The van der Waals surface area contributed by atoms with Gasteiger partial charge in [0.2, 0.25) is 0 Å². The van der Waals surface area contributed by atoms with E-state index >= 15 is 0 Å². The summed E-state index contributed by atoms with van der Waals surface area (Å²) >= 11 is 0. The largest absolute Gasteiger partial charge is 0.383 e. The molecule has 0 saturated heterocycles. The van der Waals surface area contributed by atoms with Crippen molar-refractivity contribution < 1.29 is 9.53 Å². The molecule has 0 aromatic heterocycles. The van der Waals surface area contributed by atoms with Gasteiger partial charge in [-0.15, -0.1) is 0 Å². The molecule has 0 aliphatic heterocycles. The number of rotatable bonds is 5. The lowest BCUT2D eigenvalue weighted by atomic mass is 9.83. The molecular formula is C15H24N2O2. The molecule has 1 aromatic carbocycles. The minimum atomic E-state index is -0.162. The summed E-state index contributed by atoms with van der Waals surface area (Å²) < 4.78 is 5.03. The molecule has 4 heteroatoms. The SMILES string of the molecule is COCC(CN)NC(=O)c1ccccc1C(C)(C)C. The molecule has 0 aliphatic rings. The fourth-order valence-corrected chi connectivity index (χ4v) is 1.97. The highest BCUT2D eigenvalue weighted by atomic mass is 16.5. The van der Waals surface area contributed by atoms with Gasteiger partial charge in [0.15, 0.2) is 0 Å². The summed E-state index contributed by atoms with van der Waals surface area (Å²) in [6, 6.07) is 7.50. The van der Waals surface area contributed by atoms with Gasteiger partial charge in [0, 0.05) is 19.2 Å². The highest BCUT2D eigenvalue weighted by molar-refractivity contribution is 5.96. The lowest BCUT2D eigenvalue weighted by Crippen LogP contribution is -2.43. The van der Waals surface area contributed by atoms with Crippen LogP contribution in [0.15, 0.2) is 24.3 Å². The smallest absolute Gasteiger partial charge is 0.251 e. The van der Waals surface area contributed by atoms with Gasteiger partial charge < -0.3 is 15.8 Å². The minimum Gasteiger partial charge on any atom is -0.383 e. The predicted molar refractivity (Wildman–Crippen MR) is 77.3 cm³/mol. The van der Waals surface area contributed by atoms with Gasteiger partial charge in [0.05, 0.1) is 12.6 Å². The maximum Gasteiger partial charge on any atom is 0.251 e. The van der Waals surface area contributed by atoms with E-state index in [4.69, 9.17) is 10.5 Å². The molecule has 0 aliphatic carbocycles. The van der Waals surface area contributed by atoms with Crippen LogP contribution in [0.3, 0.4) is 0 Å². The highest BCUT2D eigenvalue weighted by Crippen LogP contribution is 2.25. The second-order valence-electron chi connectivity index (χ2n) is 5.66. The first-order valence-electron chi connectivity index (χ1n) is 6.49. The van der Waals surface area contributed by atoms with Crippen molar-refractivity contribution in [2.75, 3.05) is 20.3 Å². The van der Waals surface area contributed by atoms with E-state index in [9.17, 15) is 4.79 Å². The van der Waals surface area contributed by atoms with E-state index < -0.39 is 0 Å². The molecule has 1 atom stereocenters. The van der Waals surface area contributed by atoms with Gasteiger partial charge in [-0.2, -0.15) is 0 Å². The maximum atomic E-state index is 12.3. The van der Waals surface area contributed by atoms with Crippen molar-refractivity contribution in [1.29, 1.82) is 0 Å². The molecule has 4 nitrogen and oxygen atoms in total. The second-order valence-corrected chi connectivity index (χ2v) is 5.66. The van der Waals surface area contributed by atoms with Crippen LogP contribution in [0.4, 0.5) is 0 Å². The predicted octanol–water partition coefficient (Wildman–Crippen LogP) is 1.69. The molecule has 0 radical (unpaired) electrons. The Hall–Kier alpha value is -1.39. The summed E-state index contributed by atoms with van der Waals surface area (Å²) in [5, 5.41) is 2.91. The summed E-state index contributed by atoms with van der Waals surface area (Å²) in [6.45, 7) is 7.05. The molecule has 3 N–H and O–H groups in total. The second kappa shape index (κ2) is 6.68. The van der Waals surface area contributed by atoms with E-state index in [1.807, 2.05) is 24.3 Å². The topological polar surface area (TPSA) is 64.3 Å². The van der Waals surface area contributed by atoms with Gasteiger partial charge in [0.25, 0.3) is 5.91 Å². The average molecular weight is 264 g/mol. The first-order valence-corrected chi connectivity index (χ1v) is 6.49. The van der Waals surface area contributed by atoms with Crippen molar-refractivity contribution in [2.24, 2.45) is 5.73 Å². The zero-order valence-corrected chi connectivity index (χ0v) is 12.2. The van der Waals surface area contributed by atoms with Crippen LogP contribution >= 0.6 is 0 Å². The van der Waals surface area contributed by atoms with Gasteiger partial charge >= 0.3 is 0 Å². The Kier molecular flexibility index (Phi) is 5.51. The normalized spacial score (nSPS) is 13.1. The molecule has 0 fully saturated rings. The van der Waals surface area contributed by atoms with E-state index in [1.54, 1.807) is 7.11 Å². The van der Waals surface area contributed by atoms with Crippen LogP contribution in [0.2, 0.25) is 0 Å². The van der Waals surface area contributed by atoms with E-state index in [2.05, 4.69) is 26.1 Å². The number of methoxy groups -OCH3 is 1. The Morgan fingerprint density at radius 3 is 2.53 bits per heavy atom. The molecule has 0 heterocycles. The van der Waals surface area contributed by atoms with Crippen molar-refractivity contribution >= 4 is 5.91 Å². The van der Waals surface area contributed by atoms with E-state index in [0.29, 0.717) is 18.7 Å². The third kappa shape index (κ3) is 4.33. The summed E-state index contributed by atoms with van der Waals surface area (Å²) in [7, 11) is 1.60. The van der Waals surface area contributed by atoms with Crippen LogP contribution < -0.4 is 11.1 Å². The summed E-state index contributed by atoms with van der Waals surface area (Å²) in [6.07, 6.45) is 0. The van der Waals surface area contributed by atoms with Crippen molar-refractivity contribution in [3.05, 3.63) is 35.4 Å². The van der Waals surface area contributed by atoms with Gasteiger partial charge in [0.1, 0.15) is 0 Å². The monoisotopic (exact) mass is 264 g/mol. The van der Waals surface area contributed by atoms with Crippen LogP contribution in [0, 0.1) is 0 Å². The molecular weight excluding hydrogens is 240 g/mol. The fourth-order valence-electron chi connectivity index (χ4n) is 1.97. The fraction of sp³-hybridized carbons (Fsp3) is 0.533. The number of nitrogens with two attached hydrogens (primary N) is 1. The number of amides is 1. The van der Waals surface area contributed by atoms with Gasteiger partial charge in [-0.3, -0.25) is 4.79 Å². The number of carbonyl (C=O) groups is 1. The number of hydrogen-bond acceptors (Lipinski definition) is 3. The van der Waals surface area contributed by atoms with Crippen LogP contribution in [-0.4, -0.2) is 32.2 Å². The standard InChI is InChI=1S/C15H24N2O2/c1-15(2,3)13-8-6-5-7-12(13)14(18)17-11(9-16)10-19-4/h5-8,11H,9-10,16H2,1-4H3,(H,17,18). The van der Waals surface area contributed by atoms with Gasteiger partial charge in [-0.1, -0.05) is 39.0 Å². The molecule has 1 rings (SSSR count). The number of benzene rings is 1. The zero-order chi connectivity index (χ0) is 14.5. The minimum absolute atomic E-state index is 0.0760. The molecule has 0 bridgehead atoms. The summed E-state index contributed by atoms with van der Waals surface area (Å²) in [5.74, 6) is -0.0991. The first-order chi connectivity index (χ1) is 8.90. The Morgan fingerprint density at radius 1 is 1.37 bits per heavy atom. The maximum absolute atomic E-state index is 12.3. The van der Waals surface area contributed by atoms with Crippen LogP contribution in [-0.2, 0) is 10.2 Å². The van der Waals surface area contributed by atoms with Gasteiger partial charge in [-0.05, 0) is 17.0 Å². The van der Waals surface area contributed by atoms with Crippen LogP contribution in [0.5, 0.6) is 0 Å². The van der Waals surface area contributed by atoms with Crippen LogP contribution in [0.1, 0.15) is 36.7 Å². The van der Waals surface area contributed by atoms with E-state index in [0.717, 1.165) is 5.56 Å². The highest BCUT2D eigenvalue weighted by Gasteiger charge is 2.22. The number of nitrogens with one attached hydrogen (secondary N) is 1. The summed E-state index contributed by atoms with van der Waals surface area (Å²) in [4.78, 5) is 12.3. The van der Waals surface area contributed by atoms with E-state index in [-0.39, 0.29) is 17.4 Å². The Bertz CT molecular complexity index is 424. The number of ether oxygens (including phenoxy) is 1. The van der Waals surface area contributed by atoms with Crippen molar-refractivity contribution in [3.63, 3.8) is 0 Å². The molecule has 1 amide bonds. The molecule has 0 saturated carbocycles. The van der Waals surface area contributed by atoms with Crippen LogP contribution in [0.25, 0.3) is 0 Å². The molecule has 1 aromatic rings. The quantitative estimate of drug-likeness (QED) is 0.850. The Morgan fingerprint density at radius 2 is 2.00 bits per heavy atom. The van der Waals surface area contributed by atoms with Crippen molar-refractivity contribution in [1.82, 2.24) is 5.32 Å². The molecule has 0 spiro atoms. The van der Waals surface area contributed by atoms with Gasteiger partial charge in [-0.25, -0.2) is 0 Å². The number of hydrogen-bond donors (Lipinski definition) is 2. The molecule has 1 unspecified atom stereocenters. The molecule has 106 valence electrons. The number of carbonyl (C=O) groups excluding carboxylic acids is 1. The third-order valence-corrected chi connectivity index (χ3v) is 2.97. The molecule has 19 heavy (non-hydrogen) atoms. The Labute approximate surface area is 115 Å². The zero-order valence-electron chi connectivity index (χ0n) is 12.2. The first kappa shape index (κ1) is 15.7. The lowest BCUT2D eigenvalue weighted by molar-refractivity contribution is 0.0898. The third-order valence-electron chi connectivity index (χ3n) is 2.97. The Balaban J connectivity index is 2.94. The summed E-state index contributed by atoms with van der Waals surface area (Å²) in [5.41, 5.74) is 7.27. The van der Waals surface area contributed by atoms with Crippen molar-refractivity contribution in [3.8, 4) is 0 Å².